The summed E-state index contributed by atoms with van der Waals surface area (Å²) >= 11 is 0. The van der Waals surface area contributed by atoms with Crippen molar-refractivity contribution < 1.29 is 32.1 Å². The van der Waals surface area contributed by atoms with E-state index in [2.05, 4.69) is 0 Å². The molecule has 0 saturated carbocycles. The van der Waals surface area contributed by atoms with Crippen molar-refractivity contribution >= 4 is 5.97 Å². The van der Waals surface area contributed by atoms with Crippen LogP contribution < -0.4 is 0 Å². The fraction of sp³-hybridized carbons (Fsp3) is 0.667. The van der Waals surface area contributed by atoms with Crippen molar-refractivity contribution in [2.45, 2.75) is 6.92 Å². The average molecular weight is 156 g/mol. The van der Waals surface area contributed by atoms with Crippen molar-refractivity contribution in [1.29, 1.82) is 0 Å². The van der Waals surface area contributed by atoms with E-state index < -0.39 is 5.97 Å². The standard InChI is InChI=1S/C2H4O2.CH4O.Cu/c1-2(3)4;1-2;/h1H3,(H,3,4);2H,1H3;. The summed E-state index contributed by atoms with van der Waals surface area (Å²) in [6.07, 6.45) is 0. The van der Waals surface area contributed by atoms with Crippen LogP contribution in [0.1, 0.15) is 6.92 Å². The number of hydrogen-bond donors (Lipinski definition) is 2. The number of rotatable bonds is 0. The minimum Gasteiger partial charge on any atom is -0.481 e. The topological polar surface area (TPSA) is 57.5 Å². The number of carbonyl (C=O) groups is 1. The normalized spacial score (nSPS) is 4.43. The average Bonchev–Trinajstić information content (AvgIpc) is 1.41. The molecule has 0 aromatic heterocycles. The molecule has 0 aromatic rings. The third-order valence-electron chi connectivity index (χ3n) is 0. The Morgan fingerprint density at radius 2 is 1.43 bits per heavy atom. The molecular weight excluding hydrogens is 148 g/mol. The molecule has 0 fully saturated rings. The number of aliphatic hydroxyl groups excluding tert-OH is 1. The molecular formula is C3H8CuO3. The van der Waals surface area contributed by atoms with Crippen LogP contribution in [0.3, 0.4) is 0 Å². The van der Waals surface area contributed by atoms with Gasteiger partial charge in [0.15, 0.2) is 0 Å². The summed E-state index contributed by atoms with van der Waals surface area (Å²) in [5.41, 5.74) is 0. The van der Waals surface area contributed by atoms with E-state index in [0.717, 1.165) is 14.0 Å². The maximum absolute atomic E-state index is 9.00. The molecule has 0 aromatic carbocycles. The summed E-state index contributed by atoms with van der Waals surface area (Å²) in [4.78, 5) is 9.00. The van der Waals surface area contributed by atoms with Crippen LogP contribution in [-0.4, -0.2) is 23.3 Å². The molecule has 0 unspecified atom stereocenters. The molecule has 4 heteroatoms. The van der Waals surface area contributed by atoms with E-state index in [9.17, 15) is 0 Å². The minimum absolute atomic E-state index is 0. The van der Waals surface area contributed by atoms with Crippen LogP contribution in [0.2, 0.25) is 0 Å². The monoisotopic (exact) mass is 155 g/mol. The van der Waals surface area contributed by atoms with Gasteiger partial charge in [0.2, 0.25) is 0 Å². The molecule has 0 saturated heterocycles. The van der Waals surface area contributed by atoms with Crippen molar-refractivity contribution in [3.8, 4) is 0 Å². The molecule has 0 amide bonds. The molecule has 3 nitrogen and oxygen atoms in total. The van der Waals surface area contributed by atoms with Gasteiger partial charge in [-0.05, 0) is 0 Å². The second-order valence-electron chi connectivity index (χ2n) is 0.519. The Morgan fingerprint density at radius 3 is 1.43 bits per heavy atom. The van der Waals surface area contributed by atoms with Crippen LogP contribution in [0.4, 0.5) is 0 Å². The van der Waals surface area contributed by atoms with Crippen LogP contribution in [0.25, 0.3) is 0 Å². The van der Waals surface area contributed by atoms with Crippen molar-refractivity contribution in [2.24, 2.45) is 0 Å². The number of carboxylic acid groups (broad SMARTS) is 1. The van der Waals surface area contributed by atoms with Gasteiger partial charge in [0.05, 0.1) is 0 Å². The van der Waals surface area contributed by atoms with Gasteiger partial charge >= 0.3 is 0 Å². The minimum atomic E-state index is -0.833. The third-order valence-corrected chi connectivity index (χ3v) is 0. The van der Waals surface area contributed by atoms with Gasteiger partial charge in [-0.25, -0.2) is 0 Å². The van der Waals surface area contributed by atoms with Crippen LogP contribution in [0.5, 0.6) is 0 Å². The van der Waals surface area contributed by atoms with E-state index >= 15 is 0 Å². The first-order chi connectivity index (χ1) is 2.73. The maximum atomic E-state index is 9.00. The Hall–Kier alpha value is -0.0505. The predicted octanol–water partition coefficient (Wildman–Crippen LogP) is -0.303. The summed E-state index contributed by atoms with van der Waals surface area (Å²) in [6.45, 7) is 1.08. The number of aliphatic carboxylic acids is 1. The quantitative estimate of drug-likeness (QED) is 0.473. The summed E-state index contributed by atoms with van der Waals surface area (Å²) in [5.74, 6) is -0.833. The van der Waals surface area contributed by atoms with Gasteiger partial charge in [0.25, 0.3) is 5.97 Å². The van der Waals surface area contributed by atoms with Gasteiger partial charge in [-0.2, -0.15) is 0 Å². The molecule has 49 valence electrons. The van der Waals surface area contributed by atoms with Gasteiger partial charge in [0.1, 0.15) is 0 Å². The molecule has 0 bridgehead atoms. The van der Waals surface area contributed by atoms with E-state index in [4.69, 9.17) is 15.0 Å². The van der Waals surface area contributed by atoms with E-state index in [1.807, 2.05) is 0 Å². The molecule has 1 radical (unpaired) electrons. The zero-order valence-electron chi connectivity index (χ0n) is 4.10. The molecule has 0 aliphatic carbocycles. The summed E-state index contributed by atoms with van der Waals surface area (Å²) in [6, 6.07) is 0. The van der Waals surface area contributed by atoms with Crippen LogP contribution >= 0.6 is 0 Å². The van der Waals surface area contributed by atoms with Crippen molar-refractivity contribution in [3.63, 3.8) is 0 Å². The summed E-state index contributed by atoms with van der Waals surface area (Å²) in [5, 5.41) is 14.4. The van der Waals surface area contributed by atoms with Crippen molar-refractivity contribution in [1.82, 2.24) is 0 Å². The predicted molar refractivity (Wildman–Crippen MR) is 21.5 cm³/mol. The van der Waals surface area contributed by atoms with E-state index in [1.165, 1.54) is 0 Å². The largest absolute Gasteiger partial charge is 0.481 e. The van der Waals surface area contributed by atoms with Gasteiger partial charge in [-0.3, -0.25) is 4.79 Å². The molecule has 0 rings (SSSR count). The smallest absolute Gasteiger partial charge is 0.300 e. The maximum Gasteiger partial charge on any atom is 0.300 e. The second-order valence-corrected chi connectivity index (χ2v) is 0.519. The van der Waals surface area contributed by atoms with Crippen LogP contribution in [0, 0.1) is 0 Å². The SMILES string of the molecule is CC(=O)O.CO.[Cu]. The van der Waals surface area contributed by atoms with Gasteiger partial charge < -0.3 is 10.2 Å². The zero-order valence-corrected chi connectivity index (χ0v) is 5.05. The van der Waals surface area contributed by atoms with E-state index in [-0.39, 0.29) is 17.1 Å². The molecule has 0 aliphatic rings. The van der Waals surface area contributed by atoms with Crippen molar-refractivity contribution in [2.75, 3.05) is 7.11 Å². The molecule has 7 heavy (non-hydrogen) atoms. The first-order valence-corrected chi connectivity index (χ1v) is 1.37. The van der Waals surface area contributed by atoms with Crippen LogP contribution in [0.15, 0.2) is 0 Å². The Balaban J connectivity index is -0.0000000480. The fourth-order valence-corrected chi connectivity index (χ4v) is 0. The Kier molecular flexibility index (Phi) is 37.7. The Bertz CT molecular complexity index is 33.2. The van der Waals surface area contributed by atoms with Gasteiger partial charge in [0, 0.05) is 31.1 Å². The van der Waals surface area contributed by atoms with Crippen molar-refractivity contribution in [3.05, 3.63) is 0 Å². The molecule has 0 heterocycles. The Labute approximate surface area is 52.8 Å². The summed E-state index contributed by atoms with van der Waals surface area (Å²) < 4.78 is 0. The molecule has 2 N–H and O–H groups in total. The Morgan fingerprint density at radius 1 is 1.43 bits per heavy atom. The molecule has 0 spiro atoms. The number of carboxylic acids is 1. The molecule has 0 aliphatic heterocycles. The fourth-order valence-electron chi connectivity index (χ4n) is 0. The van der Waals surface area contributed by atoms with Gasteiger partial charge in [-0.1, -0.05) is 0 Å². The van der Waals surface area contributed by atoms with Crippen LogP contribution in [-0.2, 0) is 21.9 Å². The molecule has 0 atom stereocenters. The van der Waals surface area contributed by atoms with Gasteiger partial charge in [-0.15, -0.1) is 0 Å². The third kappa shape index (κ3) is 36400. The summed E-state index contributed by atoms with van der Waals surface area (Å²) in [7, 11) is 1.00. The zero-order chi connectivity index (χ0) is 5.58. The first kappa shape index (κ1) is 15.8. The second kappa shape index (κ2) is 16.8. The first-order valence-electron chi connectivity index (χ1n) is 1.37. The van der Waals surface area contributed by atoms with E-state index in [1.54, 1.807) is 0 Å². The number of hydrogen-bond acceptors (Lipinski definition) is 2. The van der Waals surface area contributed by atoms with E-state index in [0.29, 0.717) is 0 Å². The number of aliphatic hydroxyl groups is 1.